The van der Waals surface area contributed by atoms with Crippen LogP contribution >= 0.6 is 0 Å². The monoisotopic (exact) mass is 443 g/mol. The second-order valence-corrected chi connectivity index (χ2v) is 6.98. The molecule has 5 N–H and O–H groups in total. The number of halogens is 1. The van der Waals surface area contributed by atoms with Crippen LogP contribution in [-0.4, -0.2) is 53.1 Å². The molecule has 0 aliphatic carbocycles. The van der Waals surface area contributed by atoms with Crippen LogP contribution in [0.2, 0.25) is 0 Å². The van der Waals surface area contributed by atoms with E-state index in [0.717, 1.165) is 5.71 Å². The number of nitrogens with zero attached hydrogens (tertiary/aromatic N) is 4. The van der Waals surface area contributed by atoms with E-state index < -0.39 is 17.7 Å². The molecule has 3 rings (SSSR count). The van der Waals surface area contributed by atoms with Crippen molar-refractivity contribution in [2.24, 2.45) is 16.6 Å². The first-order chi connectivity index (χ1) is 15.3. The number of anilines is 1. The van der Waals surface area contributed by atoms with E-state index in [9.17, 15) is 14.0 Å². The summed E-state index contributed by atoms with van der Waals surface area (Å²) in [5, 5.41) is 11.0. The summed E-state index contributed by atoms with van der Waals surface area (Å²) in [6, 6.07) is 4.71. The minimum atomic E-state index is -0.703. The van der Waals surface area contributed by atoms with Gasteiger partial charge in [0.1, 0.15) is 31.3 Å². The standard InChI is InChI=1S/C20H22FN7O4/c21-19-12(11-31-18(30)6-16(22)23)2-1-3-15(19)13-7-25-20(26-8-13)28-9-14(10-28)27-32-5-4-17(24)29/h1-3,7-8H,4-6,9-11H2,(H3,22,23)(H2,24,29). The Hall–Kier alpha value is -4.09. The molecule has 2 aromatic rings. The van der Waals surface area contributed by atoms with Crippen molar-refractivity contribution < 1.29 is 23.6 Å². The van der Waals surface area contributed by atoms with E-state index >= 15 is 0 Å². The molecule has 1 fully saturated rings. The van der Waals surface area contributed by atoms with Crippen LogP contribution in [0.15, 0.2) is 35.7 Å². The molecule has 168 valence electrons. The number of ether oxygens (including phenoxy) is 1. The van der Waals surface area contributed by atoms with Gasteiger partial charge in [0.15, 0.2) is 0 Å². The lowest BCUT2D eigenvalue weighted by Gasteiger charge is -2.31. The SMILES string of the molecule is N=C(N)CC(=O)OCc1cccc(-c2cnc(N3CC(=NOCCC(N)=O)C3)nc2)c1F. The Bertz CT molecular complexity index is 1030. The molecule has 0 unspecified atom stereocenters. The summed E-state index contributed by atoms with van der Waals surface area (Å²) in [5.74, 6) is -1.57. The third kappa shape index (κ3) is 5.97. The number of amidine groups is 1. The molecule has 0 saturated carbocycles. The van der Waals surface area contributed by atoms with Crippen molar-refractivity contribution in [2.75, 3.05) is 24.6 Å². The van der Waals surface area contributed by atoms with Crippen molar-refractivity contribution in [1.29, 1.82) is 5.41 Å². The van der Waals surface area contributed by atoms with Crippen LogP contribution in [0.5, 0.6) is 0 Å². The average Bonchev–Trinajstić information content (AvgIpc) is 2.71. The van der Waals surface area contributed by atoms with Gasteiger partial charge < -0.3 is 25.9 Å². The van der Waals surface area contributed by atoms with E-state index in [1.807, 2.05) is 4.90 Å². The van der Waals surface area contributed by atoms with E-state index in [1.54, 1.807) is 12.1 Å². The zero-order valence-corrected chi connectivity index (χ0v) is 17.1. The van der Waals surface area contributed by atoms with E-state index in [1.165, 1.54) is 18.5 Å². The van der Waals surface area contributed by atoms with Gasteiger partial charge >= 0.3 is 5.97 Å². The first-order valence-electron chi connectivity index (χ1n) is 9.62. The smallest absolute Gasteiger partial charge is 0.313 e. The molecule has 11 nitrogen and oxygen atoms in total. The van der Waals surface area contributed by atoms with Crippen LogP contribution in [0.3, 0.4) is 0 Å². The molecule has 1 amide bonds. The summed E-state index contributed by atoms with van der Waals surface area (Å²) in [7, 11) is 0. The third-order valence-electron chi connectivity index (χ3n) is 4.41. The normalized spacial score (nSPS) is 12.7. The molecule has 1 aliphatic heterocycles. The summed E-state index contributed by atoms with van der Waals surface area (Å²) in [6.07, 6.45) is 2.76. The van der Waals surface area contributed by atoms with E-state index in [4.69, 9.17) is 26.5 Å². The number of esters is 1. The fourth-order valence-electron chi connectivity index (χ4n) is 2.78. The largest absolute Gasteiger partial charge is 0.460 e. The van der Waals surface area contributed by atoms with Gasteiger partial charge in [0.05, 0.1) is 25.2 Å². The average molecular weight is 443 g/mol. The van der Waals surface area contributed by atoms with Crippen molar-refractivity contribution in [2.45, 2.75) is 19.4 Å². The van der Waals surface area contributed by atoms with Crippen LogP contribution in [0.25, 0.3) is 11.1 Å². The maximum absolute atomic E-state index is 14.9. The van der Waals surface area contributed by atoms with E-state index in [0.29, 0.717) is 24.6 Å². The van der Waals surface area contributed by atoms with Crippen molar-refractivity contribution in [3.63, 3.8) is 0 Å². The molecule has 1 saturated heterocycles. The van der Waals surface area contributed by atoms with Crippen molar-refractivity contribution in [1.82, 2.24) is 9.97 Å². The molecule has 0 spiro atoms. The minimum absolute atomic E-state index is 0.101. The number of hydrogen-bond donors (Lipinski definition) is 3. The number of primary amides is 1. The van der Waals surface area contributed by atoms with E-state index in [-0.39, 0.29) is 43.0 Å². The van der Waals surface area contributed by atoms with Gasteiger partial charge in [-0.05, 0) is 0 Å². The number of carbonyl (C=O) groups is 2. The van der Waals surface area contributed by atoms with Crippen molar-refractivity contribution in [3.05, 3.63) is 42.0 Å². The zero-order valence-electron chi connectivity index (χ0n) is 17.1. The number of amides is 1. The Balaban J connectivity index is 1.58. The topological polar surface area (TPSA) is 170 Å². The van der Waals surface area contributed by atoms with Gasteiger partial charge in [-0.1, -0.05) is 23.4 Å². The molecule has 32 heavy (non-hydrogen) atoms. The van der Waals surface area contributed by atoms with Crippen LogP contribution in [0.4, 0.5) is 10.3 Å². The maximum Gasteiger partial charge on any atom is 0.313 e. The summed E-state index contributed by atoms with van der Waals surface area (Å²) in [5.41, 5.74) is 11.9. The van der Waals surface area contributed by atoms with Gasteiger partial charge in [-0.15, -0.1) is 0 Å². The summed E-state index contributed by atoms with van der Waals surface area (Å²) < 4.78 is 19.8. The second kappa shape index (κ2) is 10.3. The van der Waals surface area contributed by atoms with Gasteiger partial charge in [-0.3, -0.25) is 15.0 Å². The lowest BCUT2D eigenvalue weighted by atomic mass is 10.1. The Labute approximate surface area is 182 Å². The number of rotatable bonds is 10. The molecule has 1 aromatic heterocycles. The number of hydrogen-bond acceptors (Lipinski definition) is 9. The minimum Gasteiger partial charge on any atom is -0.460 e. The fraction of sp³-hybridized carbons (Fsp3) is 0.300. The third-order valence-corrected chi connectivity index (χ3v) is 4.41. The van der Waals surface area contributed by atoms with Crippen molar-refractivity contribution in [3.8, 4) is 11.1 Å². The summed E-state index contributed by atoms with van der Waals surface area (Å²) in [6.45, 7) is 0.809. The Kier molecular flexibility index (Phi) is 7.26. The quantitative estimate of drug-likeness (QED) is 0.158. The Morgan fingerprint density at radius 2 is 1.94 bits per heavy atom. The lowest BCUT2D eigenvalue weighted by molar-refractivity contribution is -0.143. The Morgan fingerprint density at radius 1 is 1.22 bits per heavy atom. The highest BCUT2D eigenvalue weighted by Gasteiger charge is 2.25. The Morgan fingerprint density at radius 3 is 2.59 bits per heavy atom. The van der Waals surface area contributed by atoms with Gasteiger partial charge in [0.2, 0.25) is 11.9 Å². The van der Waals surface area contributed by atoms with Crippen LogP contribution in [0, 0.1) is 11.2 Å². The van der Waals surface area contributed by atoms with Gasteiger partial charge in [-0.2, -0.15) is 0 Å². The van der Waals surface area contributed by atoms with Gasteiger partial charge in [-0.25, -0.2) is 14.4 Å². The van der Waals surface area contributed by atoms with Crippen LogP contribution in [0.1, 0.15) is 18.4 Å². The number of carbonyl (C=O) groups excluding carboxylic acids is 2. The number of benzene rings is 1. The highest BCUT2D eigenvalue weighted by molar-refractivity contribution is 5.98. The molecular formula is C20H22FN7O4. The zero-order chi connectivity index (χ0) is 23.1. The first-order valence-corrected chi connectivity index (χ1v) is 9.62. The van der Waals surface area contributed by atoms with E-state index in [2.05, 4.69) is 15.1 Å². The number of nitrogens with two attached hydrogens (primary N) is 2. The second-order valence-electron chi connectivity index (χ2n) is 6.98. The maximum atomic E-state index is 14.9. The molecule has 2 heterocycles. The first kappa shape index (κ1) is 22.6. The number of nitrogens with one attached hydrogen (secondary N) is 1. The highest BCUT2D eigenvalue weighted by atomic mass is 19.1. The number of oxime groups is 1. The molecule has 1 aliphatic rings. The van der Waals surface area contributed by atoms with Crippen LogP contribution < -0.4 is 16.4 Å². The van der Waals surface area contributed by atoms with Crippen LogP contribution in [-0.2, 0) is 25.8 Å². The fourth-order valence-corrected chi connectivity index (χ4v) is 2.78. The molecule has 1 aromatic carbocycles. The molecule has 0 atom stereocenters. The van der Waals surface area contributed by atoms with Gasteiger partial charge in [0.25, 0.3) is 0 Å². The lowest BCUT2D eigenvalue weighted by Crippen LogP contribution is -2.48. The predicted molar refractivity (Wildman–Crippen MR) is 113 cm³/mol. The number of aromatic nitrogens is 2. The summed E-state index contributed by atoms with van der Waals surface area (Å²) in [4.78, 5) is 37.6. The molecule has 12 heteroatoms. The summed E-state index contributed by atoms with van der Waals surface area (Å²) >= 11 is 0. The highest BCUT2D eigenvalue weighted by Crippen LogP contribution is 2.26. The molecule has 0 bridgehead atoms. The van der Waals surface area contributed by atoms with Gasteiger partial charge in [0, 0.05) is 29.1 Å². The van der Waals surface area contributed by atoms with Crippen molar-refractivity contribution >= 4 is 29.4 Å². The predicted octanol–water partition coefficient (Wildman–Crippen LogP) is 0.720. The molecule has 0 radical (unpaired) electrons. The molecular weight excluding hydrogens is 421 g/mol.